The largest absolute Gasteiger partial charge is 0.394 e. The number of carbonyl (C=O) groups is 8. The molecule has 9 atom stereocenters. The van der Waals surface area contributed by atoms with Gasteiger partial charge in [0.2, 0.25) is 47.3 Å². The highest BCUT2D eigenvalue weighted by atomic mass is 16.3. The van der Waals surface area contributed by atoms with E-state index >= 15 is 0 Å². The molecule has 0 bridgehead atoms. The fourth-order valence-electron chi connectivity index (χ4n) is 6.39. The zero-order chi connectivity index (χ0) is 45.0. The average molecular weight is 840 g/mol. The fourth-order valence-corrected chi connectivity index (χ4v) is 6.39. The van der Waals surface area contributed by atoms with E-state index in [1.54, 1.807) is 48.5 Å². The van der Waals surface area contributed by atoms with Crippen molar-refractivity contribution in [2.45, 2.75) is 136 Å². The minimum Gasteiger partial charge on any atom is -0.394 e. The van der Waals surface area contributed by atoms with Crippen molar-refractivity contribution in [3.8, 4) is 0 Å². The van der Waals surface area contributed by atoms with Crippen molar-refractivity contribution in [1.29, 1.82) is 0 Å². The quantitative estimate of drug-likeness (QED) is 0.0247. The van der Waals surface area contributed by atoms with Crippen molar-refractivity contribution in [3.63, 3.8) is 0 Å². The Hall–Kier alpha value is -5.05. The first kappa shape index (κ1) is 52.0. The Morgan fingerprint density at radius 2 is 1.17 bits per heavy atom. The minimum absolute atomic E-state index is 0.0971. The van der Waals surface area contributed by atoms with Crippen LogP contribution in [0.1, 0.15) is 93.9 Å². The molecule has 13 N–H and O–H groups in total. The van der Waals surface area contributed by atoms with Crippen LogP contribution in [0.15, 0.2) is 4.99 Å². The van der Waals surface area contributed by atoms with Gasteiger partial charge in [0.05, 0.1) is 13.2 Å². The molecule has 1 fully saturated rings. The Balaban J connectivity index is 3.23. The van der Waals surface area contributed by atoms with Crippen molar-refractivity contribution >= 4 is 53.2 Å². The molecule has 336 valence electrons. The lowest BCUT2D eigenvalue weighted by Gasteiger charge is -2.31. The van der Waals surface area contributed by atoms with E-state index in [0.29, 0.717) is 38.8 Å². The fraction of sp³-hybridized carbons (Fsp3) is 0.763. The molecule has 0 aromatic carbocycles. The Labute approximate surface area is 346 Å². The van der Waals surface area contributed by atoms with E-state index in [9.17, 15) is 48.6 Å². The zero-order valence-electron chi connectivity index (χ0n) is 35.8. The van der Waals surface area contributed by atoms with Crippen molar-refractivity contribution in [2.75, 3.05) is 32.8 Å². The summed E-state index contributed by atoms with van der Waals surface area (Å²) in [5, 5.41) is 38.2. The van der Waals surface area contributed by atoms with Gasteiger partial charge in [-0.3, -0.25) is 43.3 Å². The Bertz CT molecular complexity index is 1480. The molecule has 21 nitrogen and oxygen atoms in total. The molecule has 0 spiro atoms. The van der Waals surface area contributed by atoms with Crippen LogP contribution in [0.25, 0.3) is 0 Å². The molecule has 0 aliphatic carbocycles. The smallest absolute Gasteiger partial charge is 0.245 e. The molecule has 1 unspecified atom stereocenters. The molecule has 1 heterocycles. The highest BCUT2D eigenvalue weighted by molar-refractivity contribution is 5.98. The molecule has 1 aliphatic heterocycles. The molecule has 1 rings (SSSR count). The second kappa shape index (κ2) is 26.1. The predicted molar refractivity (Wildman–Crippen MR) is 219 cm³/mol. The van der Waals surface area contributed by atoms with Crippen LogP contribution in [0.2, 0.25) is 0 Å². The number of carbonyl (C=O) groups excluding carboxylic acids is 8. The van der Waals surface area contributed by atoms with Crippen LogP contribution in [0.3, 0.4) is 0 Å². The van der Waals surface area contributed by atoms with Gasteiger partial charge in [0.25, 0.3) is 0 Å². The van der Waals surface area contributed by atoms with Crippen LogP contribution < -0.4 is 48.7 Å². The first-order valence-corrected chi connectivity index (χ1v) is 20.4. The highest BCUT2D eigenvalue weighted by Gasteiger charge is 2.39. The molecule has 8 amide bonds. The lowest BCUT2D eigenvalue weighted by molar-refractivity contribution is -0.142. The van der Waals surface area contributed by atoms with E-state index in [4.69, 9.17) is 11.5 Å². The van der Waals surface area contributed by atoms with E-state index in [1.165, 1.54) is 11.8 Å². The number of amides is 8. The Morgan fingerprint density at radius 1 is 0.695 bits per heavy atom. The van der Waals surface area contributed by atoms with Gasteiger partial charge in [0.1, 0.15) is 42.3 Å². The summed E-state index contributed by atoms with van der Waals surface area (Å²) in [6, 6.07) is -8.51. The van der Waals surface area contributed by atoms with Gasteiger partial charge < -0.3 is 63.8 Å². The molecular weight excluding hydrogens is 770 g/mol. The van der Waals surface area contributed by atoms with Gasteiger partial charge in [-0.1, -0.05) is 54.4 Å². The number of likely N-dealkylation sites (tertiary alicyclic amines) is 1. The average Bonchev–Trinajstić information content (AvgIpc) is 3.69. The van der Waals surface area contributed by atoms with Gasteiger partial charge in [-0.15, -0.1) is 0 Å². The summed E-state index contributed by atoms with van der Waals surface area (Å²) in [5.74, 6) is -6.89. The van der Waals surface area contributed by atoms with Crippen molar-refractivity contribution in [3.05, 3.63) is 0 Å². The van der Waals surface area contributed by atoms with Crippen LogP contribution in [-0.4, -0.2) is 143 Å². The van der Waals surface area contributed by atoms with Crippen LogP contribution >= 0.6 is 0 Å². The number of nitrogens with two attached hydrogens (primary N) is 2. The Morgan fingerprint density at radius 3 is 1.63 bits per heavy atom. The molecule has 0 aromatic rings. The van der Waals surface area contributed by atoms with Crippen molar-refractivity contribution < 1.29 is 48.6 Å². The third-order valence-corrected chi connectivity index (χ3v) is 10.3. The minimum atomic E-state index is -1.65. The topological polar surface area (TPSA) is 329 Å². The molecule has 0 radical (unpaired) electrons. The predicted octanol–water partition coefficient (Wildman–Crippen LogP) is -3.17. The van der Waals surface area contributed by atoms with Gasteiger partial charge in [-0.25, -0.2) is 0 Å². The monoisotopic (exact) mass is 840 g/mol. The van der Waals surface area contributed by atoms with Gasteiger partial charge in [-0.05, 0) is 50.4 Å². The van der Waals surface area contributed by atoms with Gasteiger partial charge in [0, 0.05) is 26.6 Å². The maximum atomic E-state index is 13.9. The maximum Gasteiger partial charge on any atom is 0.245 e. The number of aliphatic imine (C=N–C) groups is 1. The number of rotatable bonds is 25. The van der Waals surface area contributed by atoms with Gasteiger partial charge >= 0.3 is 0 Å². The number of nitrogens with zero attached hydrogens (tertiary/aromatic N) is 2. The summed E-state index contributed by atoms with van der Waals surface area (Å²) < 4.78 is 0. The van der Waals surface area contributed by atoms with E-state index in [2.05, 4.69) is 42.2 Å². The number of guanidine groups is 1. The van der Waals surface area contributed by atoms with Crippen LogP contribution in [-0.2, 0) is 38.4 Å². The van der Waals surface area contributed by atoms with Crippen LogP contribution in [0.4, 0.5) is 0 Å². The molecule has 1 saturated heterocycles. The molecule has 0 aromatic heterocycles. The summed E-state index contributed by atoms with van der Waals surface area (Å²) in [5.41, 5.74) is 10.9. The van der Waals surface area contributed by atoms with Crippen LogP contribution in [0.5, 0.6) is 0 Å². The van der Waals surface area contributed by atoms with Gasteiger partial charge in [0.15, 0.2) is 5.96 Å². The number of hydrogen-bond donors (Lipinski definition) is 11. The third kappa shape index (κ3) is 16.6. The van der Waals surface area contributed by atoms with E-state index in [-0.39, 0.29) is 37.2 Å². The van der Waals surface area contributed by atoms with Crippen molar-refractivity contribution in [1.82, 2.24) is 42.1 Å². The molecule has 0 saturated carbocycles. The zero-order valence-corrected chi connectivity index (χ0v) is 35.8. The Kier molecular flexibility index (Phi) is 23.0. The number of nitrogens with one attached hydrogen (secondary N) is 7. The molecule has 59 heavy (non-hydrogen) atoms. The van der Waals surface area contributed by atoms with Crippen LogP contribution in [0, 0.1) is 17.8 Å². The second-order valence-electron chi connectivity index (χ2n) is 15.2. The van der Waals surface area contributed by atoms with Gasteiger partial charge in [-0.2, -0.15) is 0 Å². The number of likely N-dealkylation sites (N-methyl/N-ethyl adjacent to an activating group) is 1. The first-order valence-electron chi connectivity index (χ1n) is 20.4. The molecule has 21 heteroatoms. The summed E-state index contributed by atoms with van der Waals surface area (Å²) in [6.45, 7) is 12.3. The summed E-state index contributed by atoms with van der Waals surface area (Å²) in [6.07, 6.45) is 2.23. The summed E-state index contributed by atoms with van der Waals surface area (Å²) in [7, 11) is 0. The number of aliphatic hydroxyl groups excluding tert-OH is 2. The lowest BCUT2D eigenvalue weighted by atomic mass is 9.96. The van der Waals surface area contributed by atoms with E-state index < -0.39 is 109 Å². The number of hydrogen-bond acceptors (Lipinski definition) is 11. The normalized spacial score (nSPS) is 17.7. The summed E-state index contributed by atoms with van der Waals surface area (Å²) in [4.78, 5) is 111. The molecule has 1 aliphatic rings. The third-order valence-electron chi connectivity index (χ3n) is 10.3. The summed E-state index contributed by atoms with van der Waals surface area (Å²) >= 11 is 0. The standard InChI is InChI=1S/C38H69N11O10/c1-9-21(6)29(35(57)44-24(14-12-16-42-38(39)40)37(59)49-17-13-15-27(49)33(55)41-11-3)47-32(54)26(19-51)45-31(53)25(18-50)46-36(58)30(22(7)10-2)48-34(56)28(20(4)5)43-23(8)52/h20-22,24-30,50-51H,9-19H2,1-8H3,(H,41,55)(H,43,52)(H,44,57)(H,45,53)(H,46,58)(H,47,54)(H,48,56)(H4,39,40,42)/t21-,22?,24-,25-,26-,27-,28-,29-,30-/m0/s1. The lowest BCUT2D eigenvalue weighted by Crippen LogP contribution is -2.62. The SMILES string of the molecule is CCNC(=O)[C@@H]1CCCN1C(=O)[C@H](CCCN=C(N)N)NC(=O)[C@@H](NC(=O)[C@H](CO)NC(=O)[C@H](CO)NC(=O)[C@@H](NC(=O)[C@@H](NC(C)=O)C(C)C)C(C)CC)[C@@H](C)CC. The van der Waals surface area contributed by atoms with E-state index in [1.807, 2.05) is 0 Å². The van der Waals surface area contributed by atoms with E-state index in [0.717, 1.165) is 0 Å². The first-order chi connectivity index (χ1) is 27.8. The van der Waals surface area contributed by atoms with Crippen molar-refractivity contribution in [2.24, 2.45) is 34.2 Å². The highest BCUT2D eigenvalue weighted by Crippen LogP contribution is 2.20. The maximum absolute atomic E-state index is 13.9. The molecular formula is C38H69N11O10. The second-order valence-corrected chi connectivity index (χ2v) is 15.2. The number of aliphatic hydroxyl groups is 2.